The minimum absolute atomic E-state index is 0.401. The molecular weight excluding hydrogens is 1850 g/mol. The topological polar surface area (TPSA) is 117 Å². The molecule has 16 aromatic carbocycles. The van der Waals surface area contributed by atoms with Gasteiger partial charge in [0, 0.05) is 166 Å². The van der Waals surface area contributed by atoms with Crippen molar-refractivity contribution in [2.45, 2.75) is 149 Å². The van der Waals surface area contributed by atoms with Crippen LogP contribution in [0.2, 0.25) is 0 Å². The first kappa shape index (κ1) is 103. The molecule has 10 nitrogen and oxygen atoms in total. The largest absolute Gasteiger partial charge is 0.507 e. The molecule has 15 heteroatoms. The lowest BCUT2D eigenvalue weighted by Crippen LogP contribution is -2.33. The molecule has 5 heterocycles. The van der Waals surface area contributed by atoms with Crippen LogP contribution in [0.25, 0.3) is 0 Å². The molecule has 5 saturated heterocycles. The van der Waals surface area contributed by atoms with Crippen molar-refractivity contribution in [3.63, 3.8) is 0 Å². The van der Waals surface area contributed by atoms with Crippen molar-refractivity contribution in [2.75, 3.05) is 89.9 Å². The molecule has 144 heavy (non-hydrogen) atoms. The molecule has 0 bridgehead atoms. The molecule has 736 valence electrons. The van der Waals surface area contributed by atoms with Crippen LogP contribution in [-0.2, 0) is 38.5 Å². The molecule has 5 unspecified atom stereocenters. The maximum absolute atomic E-state index is 11.4. The molecule has 16 aromatic rings. The Labute approximate surface area is 865 Å². The number of anilines is 5. The van der Waals surface area contributed by atoms with Crippen molar-refractivity contribution in [2.24, 2.45) is 0 Å². The second kappa shape index (κ2) is 53.5. The zero-order chi connectivity index (χ0) is 98.8. The second-order valence-corrected chi connectivity index (χ2v) is 45.5. The molecule has 5 fully saturated rings. The number of phenolic OH excluding ortho intramolecular Hbond substituents is 5. The number of nitrogens with zero attached hydrogens (tertiary/aromatic N) is 5. The van der Waals surface area contributed by atoms with Crippen LogP contribution >= 0.6 is 42.9 Å². The van der Waals surface area contributed by atoms with Crippen molar-refractivity contribution in [1.82, 2.24) is 0 Å². The fraction of sp³-hybridized carbons (Fsp3) is 0.256. The summed E-state index contributed by atoms with van der Waals surface area (Å²) in [7, 11) is 2.27. The number of hydrogen-bond acceptors (Lipinski definition) is 10. The van der Waals surface area contributed by atoms with E-state index in [1.54, 1.807) is 0 Å². The minimum atomic E-state index is 0.401. The number of piperidine rings is 5. The lowest BCUT2D eigenvalue weighted by atomic mass is 9.98. The van der Waals surface area contributed by atoms with Gasteiger partial charge in [0.1, 0.15) is 28.7 Å². The SMILES string of the molecule is Cc1ccc(Pc2cc(Cc3ccccc3)ccc2O)c(N2CCCCC2)c1.Cc1cccc(N2CCCCC2)c1Pc1cccc(Cc2ccccc2)c1O.Oc1c(Cc2ccccc2)cc(Cc2ccccc2)cc1Pc1ccccc1N1CCCCC1.Oc1c(Cc2ccccc2)cccc1Pc1ccccc1N1CCCCC1.Oc1ccc(Cc2ccccc2)cc1Pc1ccccc1N1CCCCC1. The summed E-state index contributed by atoms with van der Waals surface area (Å²) in [5.41, 5.74) is 23.7. The molecule has 0 aliphatic carbocycles. The zero-order valence-corrected chi connectivity index (χ0v) is 88.7. The highest BCUT2D eigenvalue weighted by atomic mass is 31.1. The third-order valence-corrected chi connectivity index (χ3v) is 35.0. The Morgan fingerprint density at radius 1 is 0.188 bits per heavy atom. The smallest absolute Gasteiger partial charge is 0.126 e. The zero-order valence-electron chi connectivity index (χ0n) is 83.7. The van der Waals surface area contributed by atoms with Crippen molar-refractivity contribution in [3.8, 4) is 28.7 Å². The van der Waals surface area contributed by atoms with Gasteiger partial charge in [0.25, 0.3) is 0 Å². The van der Waals surface area contributed by atoms with Gasteiger partial charge in [0.15, 0.2) is 0 Å². The lowest BCUT2D eigenvalue weighted by Gasteiger charge is -2.31. The Morgan fingerprint density at radius 3 is 0.854 bits per heavy atom. The number of benzene rings is 16. The summed E-state index contributed by atoms with van der Waals surface area (Å²) >= 11 is 0. The van der Waals surface area contributed by atoms with Crippen molar-refractivity contribution in [1.29, 1.82) is 0 Å². The van der Waals surface area contributed by atoms with Gasteiger partial charge in [-0.05, 0) is 268 Å². The second-order valence-electron chi connectivity index (χ2n) is 38.9. The van der Waals surface area contributed by atoms with Gasteiger partial charge in [0.2, 0.25) is 0 Å². The van der Waals surface area contributed by atoms with E-state index in [0.717, 1.165) is 147 Å². The summed E-state index contributed by atoms with van der Waals surface area (Å²) < 4.78 is 0. The third kappa shape index (κ3) is 29.5. The summed E-state index contributed by atoms with van der Waals surface area (Å²) in [6.07, 6.45) is 24.3. The van der Waals surface area contributed by atoms with Crippen molar-refractivity contribution >= 4 is 124 Å². The van der Waals surface area contributed by atoms with Gasteiger partial charge in [-0.3, -0.25) is 0 Å². The van der Waals surface area contributed by atoms with Crippen LogP contribution in [0.1, 0.15) is 174 Å². The van der Waals surface area contributed by atoms with Crippen LogP contribution < -0.4 is 77.5 Å². The van der Waals surface area contributed by atoms with E-state index in [-0.39, 0.29) is 0 Å². The van der Waals surface area contributed by atoms with Crippen LogP contribution in [0.3, 0.4) is 0 Å². The maximum atomic E-state index is 11.4. The summed E-state index contributed by atoms with van der Waals surface area (Å²) in [5, 5.41) is 66.1. The highest BCUT2D eigenvalue weighted by Crippen LogP contribution is 2.38. The Morgan fingerprint density at radius 2 is 0.465 bits per heavy atom. The molecule has 21 rings (SSSR count). The first-order valence-corrected chi connectivity index (χ1v) is 57.2. The number of para-hydroxylation sites is 5. The van der Waals surface area contributed by atoms with E-state index in [4.69, 9.17) is 0 Å². The molecule has 0 spiro atoms. The van der Waals surface area contributed by atoms with Gasteiger partial charge in [-0.2, -0.15) is 0 Å². The first-order chi connectivity index (χ1) is 70.8. The van der Waals surface area contributed by atoms with Crippen LogP contribution in [-0.4, -0.2) is 91.0 Å². The predicted octanol–water partition coefficient (Wildman–Crippen LogP) is 25.2. The van der Waals surface area contributed by atoms with Gasteiger partial charge in [-0.25, -0.2) is 0 Å². The van der Waals surface area contributed by atoms with Crippen LogP contribution in [0.5, 0.6) is 28.7 Å². The fourth-order valence-electron chi connectivity index (χ4n) is 20.3. The van der Waals surface area contributed by atoms with Gasteiger partial charge in [0.05, 0.1) is 0 Å². The number of hydrogen-bond donors (Lipinski definition) is 5. The molecule has 0 amide bonds. The lowest BCUT2D eigenvalue weighted by molar-refractivity contribution is 0.473. The highest BCUT2D eigenvalue weighted by Gasteiger charge is 2.25. The Hall–Kier alpha value is -12.3. The summed E-state index contributed by atoms with van der Waals surface area (Å²) in [6, 6.07) is 131. The van der Waals surface area contributed by atoms with E-state index in [0.29, 0.717) is 71.7 Å². The molecule has 0 aromatic heterocycles. The number of phenols is 5. The van der Waals surface area contributed by atoms with Gasteiger partial charge >= 0.3 is 0 Å². The first-order valence-electron chi connectivity index (χ1n) is 52.2. The average molecular weight is 2000 g/mol. The van der Waals surface area contributed by atoms with E-state index >= 15 is 0 Å². The summed E-state index contributed by atoms with van der Waals surface area (Å²) in [5.74, 6) is 2.16. The van der Waals surface area contributed by atoms with E-state index in [1.807, 2.05) is 78.9 Å². The third-order valence-electron chi connectivity index (χ3n) is 28.0. The molecule has 5 aliphatic rings. The Balaban J connectivity index is 0.000000124. The number of aryl methyl sites for hydroxylation is 2. The summed E-state index contributed by atoms with van der Waals surface area (Å²) in [6.45, 7) is 15.7. The molecule has 5 aliphatic heterocycles. The predicted molar refractivity (Wildman–Crippen MR) is 626 cm³/mol. The highest BCUT2D eigenvalue weighted by molar-refractivity contribution is 7.57. The van der Waals surface area contributed by atoms with Crippen LogP contribution in [0, 0.1) is 13.8 Å². The van der Waals surface area contributed by atoms with Gasteiger partial charge in [-0.1, -0.05) is 358 Å². The fourth-order valence-corrected chi connectivity index (χ4v) is 27.0. The van der Waals surface area contributed by atoms with Gasteiger partial charge < -0.3 is 50.0 Å². The van der Waals surface area contributed by atoms with E-state index in [9.17, 15) is 25.5 Å². The van der Waals surface area contributed by atoms with E-state index in [2.05, 4.69) is 336 Å². The minimum Gasteiger partial charge on any atom is -0.507 e. The van der Waals surface area contributed by atoms with E-state index in [1.165, 1.54) is 212 Å². The van der Waals surface area contributed by atoms with Crippen molar-refractivity contribution < 1.29 is 25.5 Å². The van der Waals surface area contributed by atoms with Crippen LogP contribution in [0.15, 0.2) is 376 Å². The molecule has 5 atom stereocenters. The molecule has 5 N–H and O–H groups in total. The number of rotatable bonds is 27. The standard InChI is InChI=1S/C31H32NOP.2C25H28NOP.2C24H26NOP/c33-31-27(21-25-14-6-2-7-15-25)22-26(20-24-12-4-1-5-13-24)23-30(31)34-29-17-9-8-16-28(29)32-18-10-3-11-19-32;1-19-10-8-14-22(26-16-6-3-7-17-26)25(19)28-23-15-9-13-21(24(23)27)18-20-11-4-2-5-12-20;1-19-10-13-24(22(16-19)26-14-6-3-7-15-26)28-25-18-21(11-12-23(25)27)17-20-8-4-2-5-9-20;26-24-20(18-19-10-3-1-4-11-19)12-9-15-23(24)27-22-14-6-5-13-21(22)25-16-7-2-8-17-25;26-22-14-13-20(17-19-9-3-1-4-10-19)18-24(22)27-23-12-6-5-11-21(23)25-15-7-2-8-16-25/h1-2,4-9,12-17,22-23,33-34H,3,10-11,18-21H2;2,4-5,8-15,27-28H,3,6-7,16-18H2,1H3;2,4-5,8-13,16,18,27-28H,3,6-7,14-15,17H2,1H3;1,3-6,9-15,26-27H,2,7-8,16-18H2;1,3-6,9-14,18,26-27H,2,7-8,15-17H2. The van der Waals surface area contributed by atoms with Crippen molar-refractivity contribution in [3.05, 3.63) is 454 Å². The summed E-state index contributed by atoms with van der Waals surface area (Å²) in [4.78, 5) is 12.6. The Kier molecular flexibility index (Phi) is 38.3. The monoisotopic (exact) mass is 1990 g/mol. The quantitative estimate of drug-likeness (QED) is 0.0319. The molecule has 0 radical (unpaired) electrons. The average Bonchev–Trinajstić information content (AvgIpc) is 0.804. The molecule has 0 saturated carbocycles. The maximum Gasteiger partial charge on any atom is 0.126 e. The molecular formula is C129H140N5O5P5. The van der Waals surface area contributed by atoms with Gasteiger partial charge in [-0.15, -0.1) is 0 Å². The van der Waals surface area contributed by atoms with E-state index < -0.39 is 0 Å². The Bertz CT molecular complexity index is 6650. The normalized spacial score (nSPS) is 14.6. The number of aromatic hydroxyl groups is 5. The van der Waals surface area contributed by atoms with Crippen LogP contribution in [0.4, 0.5) is 28.4 Å².